The van der Waals surface area contributed by atoms with Gasteiger partial charge in [0.25, 0.3) is 5.91 Å². The van der Waals surface area contributed by atoms with Crippen molar-refractivity contribution in [3.05, 3.63) is 93.9 Å². The summed E-state index contributed by atoms with van der Waals surface area (Å²) in [6.07, 6.45) is 4.01. The average Bonchev–Trinajstić information content (AvgIpc) is 3.11. The van der Waals surface area contributed by atoms with Crippen LogP contribution in [0.1, 0.15) is 31.9 Å². The third kappa shape index (κ3) is 4.67. The minimum atomic E-state index is -0.485. The van der Waals surface area contributed by atoms with Crippen molar-refractivity contribution in [1.82, 2.24) is 0 Å². The van der Waals surface area contributed by atoms with Crippen molar-refractivity contribution < 1.29 is 14.5 Å². The predicted octanol–water partition coefficient (Wildman–Crippen LogP) is 2.64. The first kappa shape index (κ1) is 20.1. The standard InChI is InChI=1S/C24H23N3O2S/c25-23(29)22-19-13-14-27(15-18-9-5-2-6-10-18)16-20(19)30-24(22)26-21(28)12-11-17-7-3-1-4-8-17/h1-12H,13-16H2,(H2,25,29)(H,26,28)/p+1. The van der Waals surface area contributed by atoms with Gasteiger partial charge in [-0.15, -0.1) is 11.3 Å². The van der Waals surface area contributed by atoms with Crippen molar-refractivity contribution in [2.45, 2.75) is 19.5 Å². The van der Waals surface area contributed by atoms with Crippen LogP contribution in [0, 0.1) is 0 Å². The van der Waals surface area contributed by atoms with Crippen LogP contribution in [0.25, 0.3) is 6.08 Å². The number of benzene rings is 2. The molecule has 0 spiro atoms. The highest BCUT2D eigenvalue weighted by Gasteiger charge is 2.29. The number of primary amides is 1. The molecule has 5 nitrogen and oxygen atoms in total. The van der Waals surface area contributed by atoms with E-state index in [4.69, 9.17) is 5.73 Å². The van der Waals surface area contributed by atoms with Gasteiger partial charge in [0, 0.05) is 18.1 Å². The van der Waals surface area contributed by atoms with Gasteiger partial charge in [0.1, 0.15) is 18.1 Å². The molecule has 2 aromatic carbocycles. The number of thiophene rings is 1. The summed E-state index contributed by atoms with van der Waals surface area (Å²) in [5.41, 5.74) is 9.37. The Morgan fingerprint density at radius 1 is 1.07 bits per heavy atom. The van der Waals surface area contributed by atoms with Crippen molar-refractivity contribution in [2.24, 2.45) is 5.73 Å². The van der Waals surface area contributed by atoms with Gasteiger partial charge < -0.3 is 16.0 Å². The molecule has 0 saturated heterocycles. The van der Waals surface area contributed by atoms with Gasteiger partial charge in [0.05, 0.1) is 17.0 Å². The lowest BCUT2D eigenvalue weighted by Gasteiger charge is -2.24. The van der Waals surface area contributed by atoms with E-state index >= 15 is 0 Å². The van der Waals surface area contributed by atoms with Crippen LogP contribution in [0.15, 0.2) is 66.7 Å². The molecule has 1 atom stereocenters. The average molecular weight is 419 g/mol. The second-order valence-electron chi connectivity index (χ2n) is 7.39. The normalized spacial score (nSPS) is 15.7. The highest BCUT2D eigenvalue weighted by Crippen LogP contribution is 2.34. The van der Waals surface area contributed by atoms with Crippen molar-refractivity contribution in [2.75, 3.05) is 11.9 Å². The summed E-state index contributed by atoms with van der Waals surface area (Å²) in [5, 5.41) is 3.42. The molecule has 6 heteroatoms. The Labute approximate surface area is 179 Å². The summed E-state index contributed by atoms with van der Waals surface area (Å²) in [4.78, 5) is 27.1. The fraction of sp³-hybridized carbons (Fsp3) is 0.167. The van der Waals surface area contributed by atoms with Crippen LogP contribution >= 0.6 is 11.3 Å². The minimum absolute atomic E-state index is 0.270. The Morgan fingerprint density at radius 3 is 2.47 bits per heavy atom. The van der Waals surface area contributed by atoms with Crippen LogP contribution in [0.3, 0.4) is 0 Å². The van der Waals surface area contributed by atoms with Gasteiger partial charge in [-0.25, -0.2) is 0 Å². The van der Waals surface area contributed by atoms with Crippen LogP contribution in [0.4, 0.5) is 5.00 Å². The number of hydrogen-bond acceptors (Lipinski definition) is 3. The van der Waals surface area contributed by atoms with E-state index in [1.165, 1.54) is 27.9 Å². The number of carbonyl (C=O) groups excluding carboxylic acids is 2. The van der Waals surface area contributed by atoms with Crippen LogP contribution in [0.5, 0.6) is 0 Å². The van der Waals surface area contributed by atoms with Crippen molar-refractivity contribution in [1.29, 1.82) is 0 Å². The lowest BCUT2D eigenvalue weighted by atomic mass is 10.0. The third-order valence-electron chi connectivity index (χ3n) is 5.24. The highest BCUT2D eigenvalue weighted by molar-refractivity contribution is 7.17. The topological polar surface area (TPSA) is 76.6 Å². The molecule has 1 aliphatic heterocycles. The molecule has 152 valence electrons. The molecule has 1 aliphatic rings. The lowest BCUT2D eigenvalue weighted by Crippen LogP contribution is -3.10. The summed E-state index contributed by atoms with van der Waals surface area (Å²) >= 11 is 1.47. The largest absolute Gasteiger partial charge is 0.365 e. The zero-order valence-electron chi connectivity index (χ0n) is 16.6. The molecule has 1 unspecified atom stereocenters. The fourth-order valence-electron chi connectivity index (χ4n) is 3.81. The molecule has 0 radical (unpaired) electrons. The van der Waals surface area contributed by atoms with E-state index < -0.39 is 5.91 Å². The molecule has 2 heterocycles. The van der Waals surface area contributed by atoms with E-state index in [2.05, 4.69) is 29.6 Å². The van der Waals surface area contributed by atoms with E-state index in [-0.39, 0.29) is 5.91 Å². The first-order valence-electron chi connectivity index (χ1n) is 9.96. The van der Waals surface area contributed by atoms with Gasteiger partial charge in [-0.2, -0.15) is 0 Å². The minimum Gasteiger partial charge on any atom is -0.365 e. The number of rotatable bonds is 6. The number of nitrogens with two attached hydrogens (primary N) is 1. The molecule has 0 fully saturated rings. The molecule has 0 saturated carbocycles. The first-order valence-corrected chi connectivity index (χ1v) is 10.8. The quantitative estimate of drug-likeness (QED) is 0.538. The van der Waals surface area contributed by atoms with Gasteiger partial charge in [-0.05, 0) is 17.2 Å². The van der Waals surface area contributed by atoms with E-state index in [1.807, 2.05) is 36.4 Å². The predicted molar refractivity (Wildman–Crippen MR) is 120 cm³/mol. The molecule has 0 aliphatic carbocycles. The zero-order valence-corrected chi connectivity index (χ0v) is 17.4. The van der Waals surface area contributed by atoms with Crippen molar-refractivity contribution in [3.8, 4) is 0 Å². The SMILES string of the molecule is NC(=O)c1c(NC(=O)C=Cc2ccccc2)sc2c1CC[NH+](Cc1ccccc1)C2. The summed E-state index contributed by atoms with van der Waals surface area (Å²) in [6.45, 7) is 2.69. The van der Waals surface area contributed by atoms with Crippen LogP contribution in [-0.4, -0.2) is 18.4 Å². The van der Waals surface area contributed by atoms with Gasteiger partial charge in [0.2, 0.25) is 5.91 Å². The van der Waals surface area contributed by atoms with Crippen LogP contribution < -0.4 is 16.0 Å². The maximum Gasteiger partial charge on any atom is 0.252 e. The Kier molecular flexibility index (Phi) is 6.07. The Morgan fingerprint density at radius 2 is 1.77 bits per heavy atom. The molecule has 4 rings (SSSR count). The Bertz CT molecular complexity index is 1070. The number of hydrogen-bond donors (Lipinski definition) is 3. The molecule has 3 aromatic rings. The number of amides is 2. The number of carbonyl (C=O) groups is 2. The fourth-order valence-corrected chi connectivity index (χ4v) is 5.14. The third-order valence-corrected chi connectivity index (χ3v) is 6.38. The lowest BCUT2D eigenvalue weighted by molar-refractivity contribution is -0.929. The molecule has 30 heavy (non-hydrogen) atoms. The summed E-state index contributed by atoms with van der Waals surface area (Å²) in [6, 6.07) is 20.0. The van der Waals surface area contributed by atoms with Crippen LogP contribution in [-0.2, 0) is 24.3 Å². The second-order valence-corrected chi connectivity index (χ2v) is 8.50. The number of quaternary nitrogens is 1. The number of nitrogens with one attached hydrogen (secondary N) is 2. The van der Waals surface area contributed by atoms with E-state index in [9.17, 15) is 9.59 Å². The van der Waals surface area contributed by atoms with E-state index in [0.717, 1.165) is 42.1 Å². The van der Waals surface area contributed by atoms with E-state index in [1.54, 1.807) is 6.08 Å². The molecule has 0 bridgehead atoms. The summed E-state index contributed by atoms with van der Waals surface area (Å²) in [5.74, 6) is -0.755. The zero-order chi connectivity index (χ0) is 20.9. The number of anilines is 1. The Balaban J connectivity index is 1.50. The highest BCUT2D eigenvalue weighted by atomic mass is 32.1. The first-order chi connectivity index (χ1) is 14.6. The van der Waals surface area contributed by atoms with Crippen molar-refractivity contribution in [3.63, 3.8) is 0 Å². The second kappa shape index (κ2) is 9.07. The molecule has 2 amide bonds. The smallest absolute Gasteiger partial charge is 0.252 e. The summed E-state index contributed by atoms with van der Waals surface area (Å²) in [7, 11) is 0. The van der Waals surface area contributed by atoms with Gasteiger partial charge in [-0.1, -0.05) is 60.7 Å². The summed E-state index contributed by atoms with van der Waals surface area (Å²) < 4.78 is 0. The van der Waals surface area contributed by atoms with Crippen LogP contribution in [0.2, 0.25) is 0 Å². The molecular weight excluding hydrogens is 394 g/mol. The molecular formula is C24H24N3O2S+. The van der Waals surface area contributed by atoms with Gasteiger partial charge in [0.15, 0.2) is 0 Å². The van der Waals surface area contributed by atoms with E-state index in [0.29, 0.717) is 10.6 Å². The van der Waals surface area contributed by atoms with Gasteiger partial charge in [-0.3, -0.25) is 9.59 Å². The molecule has 1 aromatic heterocycles. The van der Waals surface area contributed by atoms with Gasteiger partial charge >= 0.3 is 0 Å². The maximum atomic E-state index is 12.4. The maximum absolute atomic E-state index is 12.4. The Hall–Kier alpha value is -3.22. The molecule has 4 N–H and O–H groups in total. The van der Waals surface area contributed by atoms with Crippen molar-refractivity contribution >= 4 is 34.2 Å². The number of fused-ring (bicyclic) bond motifs is 1. The monoisotopic (exact) mass is 418 g/mol.